The van der Waals surface area contributed by atoms with Gasteiger partial charge in [-0.25, -0.2) is 12.8 Å². The predicted octanol–water partition coefficient (Wildman–Crippen LogP) is 4.58. The van der Waals surface area contributed by atoms with Gasteiger partial charge < -0.3 is 10.2 Å². The first-order chi connectivity index (χ1) is 18.1. The third kappa shape index (κ3) is 6.77. The number of amides is 2. The standard InChI is InChI=1S/C29H34FN3O4S/c1-5-17-31-29(35)23(4)32(19-24-11-9-10-14-27(24)30)28(34)20-33(25-16-15-21(2)22(3)18-25)38(36,37)26-12-7-6-8-13-26/h6-16,18,23H,5,17,19-20H2,1-4H3,(H,31,35). The quantitative estimate of drug-likeness (QED) is 0.387. The van der Waals surface area contributed by atoms with Gasteiger partial charge in [0, 0.05) is 18.7 Å². The van der Waals surface area contributed by atoms with Gasteiger partial charge in [-0.05, 0) is 68.7 Å². The van der Waals surface area contributed by atoms with Crippen LogP contribution in [0, 0.1) is 19.7 Å². The second-order valence-electron chi connectivity index (χ2n) is 9.17. The van der Waals surface area contributed by atoms with Crippen LogP contribution in [0.5, 0.6) is 0 Å². The molecule has 3 aromatic carbocycles. The van der Waals surface area contributed by atoms with Gasteiger partial charge in [-0.1, -0.05) is 49.4 Å². The number of benzene rings is 3. The first kappa shape index (κ1) is 28.8. The van der Waals surface area contributed by atoms with Crippen LogP contribution in [0.4, 0.5) is 10.1 Å². The summed E-state index contributed by atoms with van der Waals surface area (Å²) in [6.45, 7) is 6.88. The summed E-state index contributed by atoms with van der Waals surface area (Å²) in [7, 11) is -4.14. The molecule has 202 valence electrons. The van der Waals surface area contributed by atoms with E-state index in [4.69, 9.17) is 0 Å². The van der Waals surface area contributed by atoms with Crippen molar-refractivity contribution in [3.63, 3.8) is 0 Å². The van der Waals surface area contributed by atoms with Crippen LogP contribution in [-0.2, 0) is 26.2 Å². The SMILES string of the molecule is CCCNC(=O)C(C)N(Cc1ccccc1F)C(=O)CN(c1ccc(C)c(C)c1)S(=O)(=O)c1ccccc1. The first-order valence-corrected chi connectivity index (χ1v) is 14.0. The molecule has 0 spiro atoms. The van der Waals surface area contributed by atoms with Gasteiger partial charge in [-0.3, -0.25) is 13.9 Å². The Morgan fingerprint density at radius 1 is 0.947 bits per heavy atom. The maximum Gasteiger partial charge on any atom is 0.264 e. The van der Waals surface area contributed by atoms with E-state index in [1.165, 1.54) is 35.2 Å². The van der Waals surface area contributed by atoms with E-state index in [0.29, 0.717) is 18.7 Å². The lowest BCUT2D eigenvalue weighted by atomic mass is 10.1. The minimum absolute atomic E-state index is 0.0282. The Morgan fingerprint density at radius 2 is 1.61 bits per heavy atom. The molecule has 0 aliphatic heterocycles. The summed E-state index contributed by atoms with van der Waals surface area (Å²) < 4.78 is 43.1. The van der Waals surface area contributed by atoms with Crippen LogP contribution in [-0.4, -0.2) is 44.3 Å². The van der Waals surface area contributed by atoms with Crippen molar-refractivity contribution in [3.8, 4) is 0 Å². The topological polar surface area (TPSA) is 86.8 Å². The van der Waals surface area contributed by atoms with Crippen molar-refractivity contribution < 1.29 is 22.4 Å². The Kier molecular flexibility index (Phi) is 9.63. The molecule has 0 fully saturated rings. The van der Waals surface area contributed by atoms with Gasteiger partial charge in [0.2, 0.25) is 11.8 Å². The molecule has 1 unspecified atom stereocenters. The number of carbonyl (C=O) groups excluding carboxylic acids is 2. The number of halogens is 1. The van der Waals surface area contributed by atoms with Gasteiger partial charge in [0.05, 0.1) is 10.6 Å². The monoisotopic (exact) mass is 539 g/mol. The number of hydrogen-bond acceptors (Lipinski definition) is 4. The second-order valence-corrected chi connectivity index (χ2v) is 11.0. The Morgan fingerprint density at radius 3 is 2.24 bits per heavy atom. The number of anilines is 1. The zero-order valence-electron chi connectivity index (χ0n) is 22.1. The van der Waals surface area contributed by atoms with Crippen molar-refractivity contribution in [1.82, 2.24) is 10.2 Å². The Bertz CT molecular complexity index is 1380. The first-order valence-electron chi connectivity index (χ1n) is 12.5. The van der Waals surface area contributed by atoms with Crippen molar-refractivity contribution in [3.05, 3.63) is 95.3 Å². The summed E-state index contributed by atoms with van der Waals surface area (Å²) in [6.07, 6.45) is 0.704. The summed E-state index contributed by atoms with van der Waals surface area (Å²) in [4.78, 5) is 27.9. The molecule has 2 amide bonds. The number of nitrogens with zero attached hydrogens (tertiary/aromatic N) is 2. The van der Waals surface area contributed by atoms with E-state index in [1.807, 2.05) is 20.8 Å². The summed E-state index contributed by atoms with van der Waals surface area (Å²) in [5, 5.41) is 2.76. The lowest BCUT2D eigenvalue weighted by Crippen LogP contribution is -2.51. The van der Waals surface area contributed by atoms with Crippen LogP contribution in [0.25, 0.3) is 0 Å². The predicted molar refractivity (Wildman–Crippen MR) is 147 cm³/mol. The lowest BCUT2D eigenvalue weighted by Gasteiger charge is -2.32. The minimum Gasteiger partial charge on any atom is -0.354 e. The molecule has 0 aliphatic carbocycles. The molecule has 7 nitrogen and oxygen atoms in total. The van der Waals surface area contributed by atoms with E-state index >= 15 is 0 Å². The summed E-state index contributed by atoms with van der Waals surface area (Å²) >= 11 is 0. The van der Waals surface area contributed by atoms with Crippen molar-refractivity contribution in [2.45, 2.75) is 51.6 Å². The fraction of sp³-hybridized carbons (Fsp3) is 0.310. The fourth-order valence-corrected chi connectivity index (χ4v) is 5.34. The molecule has 1 N–H and O–H groups in total. The van der Waals surface area contributed by atoms with Crippen LogP contribution in [0.2, 0.25) is 0 Å². The molecular formula is C29H34FN3O4S. The van der Waals surface area contributed by atoms with Gasteiger partial charge in [-0.15, -0.1) is 0 Å². The van der Waals surface area contributed by atoms with Crippen molar-refractivity contribution >= 4 is 27.5 Å². The van der Waals surface area contributed by atoms with E-state index in [1.54, 1.807) is 49.4 Å². The molecule has 0 saturated carbocycles. The average molecular weight is 540 g/mol. The lowest BCUT2D eigenvalue weighted by molar-refractivity contribution is -0.139. The normalized spacial score (nSPS) is 12.0. The van der Waals surface area contributed by atoms with Gasteiger partial charge >= 0.3 is 0 Å². The highest BCUT2D eigenvalue weighted by Gasteiger charge is 2.32. The third-order valence-electron chi connectivity index (χ3n) is 6.40. The number of nitrogens with one attached hydrogen (secondary N) is 1. The maximum atomic E-state index is 14.6. The van der Waals surface area contributed by atoms with Crippen LogP contribution in [0.3, 0.4) is 0 Å². The highest BCUT2D eigenvalue weighted by molar-refractivity contribution is 7.92. The smallest absolute Gasteiger partial charge is 0.264 e. The molecule has 3 aromatic rings. The molecule has 0 aliphatic rings. The van der Waals surface area contributed by atoms with E-state index < -0.39 is 40.2 Å². The van der Waals surface area contributed by atoms with Gasteiger partial charge in [0.25, 0.3) is 10.0 Å². The Hall–Kier alpha value is -3.72. The zero-order chi connectivity index (χ0) is 27.9. The maximum absolute atomic E-state index is 14.6. The summed E-state index contributed by atoms with van der Waals surface area (Å²) in [6, 6.07) is 18.0. The van der Waals surface area contributed by atoms with E-state index in [2.05, 4.69) is 5.32 Å². The molecule has 0 bridgehead atoms. The largest absolute Gasteiger partial charge is 0.354 e. The van der Waals surface area contributed by atoms with Gasteiger partial charge in [0.15, 0.2) is 0 Å². The van der Waals surface area contributed by atoms with Crippen LogP contribution in [0.15, 0.2) is 77.7 Å². The fourth-order valence-electron chi connectivity index (χ4n) is 3.92. The van der Waals surface area contributed by atoms with E-state index in [9.17, 15) is 22.4 Å². The van der Waals surface area contributed by atoms with Gasteiger partial charge in [-0.2, -0.15) is 0 Å². The molecule has 9 heteroatoms. The molecule has 3 rings (SSSR count). The Balaban J connectivity index is 2.04. The number of hydrogen-bond donors (Lipinski definition) is 1. The number of rotatable bonds is 11. The van der Waals surface area contributed by atoms with Gasteiger partial charge in [0.1, 0.15) is 18.4 Å². The molecule has 0 aromatic heterocycles. The third-order valence-corrected chi connectivity index (χ3v) is 8.19. The van der Waals surface area contributed by atoms with E-state index in [0.717, 1.165) is 15.4 Å². The molecule has 1 atom stereocenters. The summed E-state index contributed by atoms with van der Waals surface area (Å²) in [5.41, 5.74) is 2.37. The van der Waals surface area contributed by atoms with E-state index in [-0.39, 0.29) is 17.0 Å². The minimum atomic E-state index is -4.14. The second kappa shape index (κ2) is 12.7. The average Bonchev–Trinajstić information content (AvgIpc) is 2.91. The zero-order valence-corrected chi connectivity index (χ0v) is 23.0. The van der Waals surface area contributed by atoms with Crippen molar-refractivity contribution in [1.29, 1.82) is 0 Å². The Labute approximate surface area is 224 Å². The van der Waals surface area contributed by atoms with Crippen LogP contribution >= 0.6 is 0 Å². The number of aryl methyl sites for hydroxylation is 2. The van der Waals surface area contributed by atoms with Crippen molar-refractivity contribution in [2.24, 2.45) is 0 Å². The number of sulfonamides is 1. The molecule has 38 heavy (non-hydrogen) atoms. The molecule has 0 radical (unpaired) electrons. The molecule has 0 heterocycles. The highest BCUT2D eigenvalue weighted by Crippen LogP contribution is 2.26. The van der Waals surface area contributed by atoms with Crippen LogP contribution in [0.1, 0.15) is 37.0 Å². The summed E-state index contributed by atoms with van der Waals surface area (Å²) in [5.74, 6) is -1.56. The molecular weight excluding hydrogens is 505 g/mol. The highest BCUT2D eigenvalue weighted by atomic mass is 32.2. The number of carbonyl (C=O) groups is 2. The van der Waals surface area contributed by atoms with Crippen LogP contribution < -0.4 is 9.62 Å². The van der Waals surface area contributed by atoms with Crippen molar-refractivity contribution in [2.75, 3.05) is 17.4 Å². The molecule has 0 saturated heterocycles.